The Hall–Kier alpha value is -2.37. The van der Waals surface area contributed by atoms with Crippen LogP contribution in [0.1, 0.15) is 48.4 Å². The molecule has 0 heterocycles. The first-order valence-electron chi connectivity index (χ1n) is 8.20. The number of ether oxygens (including phenoxy) is 1. The van der Waals surface area contributed by atoms with Gasteiger partial charge >= 0.3 is 5.97 Å². The highest BCUT2D eigenvalue weighted by molar-refractivity contribution is 5.91. The molecule has 25 heavy (non-hydrogen) atoms. The Bertz CT molecular complexity index is 732. The molecule has 2 aromatic carbocycles. The minimum Gasteiger partial charge on any atom is -0.504 e. The lowest BCUT2D eigenvalue weighted by molar-refractivity contribution is 0.0729. The molecule has 1 unspecified atom stereocenters. The second-order valence-electron chi connectivity index (χ2n) is 7.13. The summed E-state index contributed by atoms with van der Waals surface area (Å²) in [6.45, 7) is 8.30. The summed E-state index contributed by atoms with van der Waals surface area (Å²) in [4.78, 5) is 12.1. The Morgan fingerprint density at radius 3 is 2.36 bits per heavy atom. The van der Waals surface area contributed by atoms with Crippen molar-refractivity contribution in [3.05, 3.63) is 59.2 Å². The number of hydrogen-bond donors (Lipinski definition) is 3. The first-order chi connectivity index (χ1) is 11.7. The Morgan fingerprint density at radius 1 is 1.16 bits per heavy atom. The zero-order valence-corrected chi connectivity index (χ0v) is 15.0. The van der Waals surface area contributed by atoms with Crippen molar-refractivity contribution in [2.75, 3.05) is 6.54 Å². The number of carbonyl (C=O) groups is 1. The van der Waals surface area contributed by atoms with E-state index in [1.807, 2.05) is 39.8 Å². The number of hydrogen-bond acceptors (Lipinski definition) is 5. The van der Waals surface area contributed by atoms with Gasteiger partial charge in [0.25, 0.3) is 0 Å². The fourth-order valence-corrected chi connectivity index (χ4v) is 2.20. The van der Waals surface area contributed by atoms with Gasteiger partial charge in [0.05, 0.1) is 11.7 Å². The molecule has 0 spiro atoms. The van der Waals surface area contributed by atoms with Crippen molar-refractivity contribution in [3.63, 3.8) is 0 Å². The lowest BCUT2D eigenvalue weighted by Gasteiger charge is -2.23. The number of aryl methyl sites for hydroxylation is 1. The Morgan fingerprint density at radius 2 is 1.80 bits per heavy atom. The molecule has 0 bridgehead atoms. The first kappa shape index (κ1) is 19.0. The molecule has 0 aliphatic carbocycles. The standard InChI is InChI=1S/C20H25NO4/c1-13-5-7-14(8-6-13)19(24)25-18-10-9-15(11-16(18)22)17(23)12-21-20(2,3)4/h5-11,17,21-23H,12H2,1-4H3. The number of nitrogens with one attached hydrogen (secondary N) is 1. The van der Waals surface area contributed by atoms with Gasteiger partial charge in [0.1, 0.15) is 0 Å². The van der Waals surface area contributed by atoms with Crippen LogP contribution in [-0.4, -0.2) is 28.3 Å². The molecule has 1 atom stereocenters. The van der Waals surface area contributed by atoms with E-state index >= 15 is 0 Å². The summed E-state index contributed by atoms with van der Waals surface area (Å²) in [5.74, 6) is -0.670. The average molecular weight is 343 g/mol. The number of phenolic OH excluding ortho intramolecular Hbond substituents is 1. The third-order valence-electron chi connectivity index (χ3n) is 3.68. The van der Waals surface area contributed by atoms with Gasteiger partial charge in [-0.05, 0) is 57.5 Å². The molecule has 3 N–H and O–H groups in total. The van der Waals surface area contributed by atoms with E-state index in [2.05, 4.69) is 5.32 Å². The zero-order valence-electron chi connectivity index (χ0n) is 15.0. The Balaban J connectivity index is 2.06. The highest BCUT2D eigenvalue weighted by atomic mass is 16.5. The Kier molecular flexibility index (Phi) is 5.82. The van der Waals surface area contributed by atoms with Crippen molar-refractivity contribution in [2.45, 2.75) is 39.3 Å². The van der Waals surface area contributed by atoms with Gasteiger partial charge in [-0.3, -0.25) is 0 Å². The van der Waals surface area contributed by atoms with Crippen LogP contribution in [0, 0.1) is 6.92 Å². The van der Waals surface area contributed by atoms with Gasteiger partial charge in [0.15, 0.2) is 11.5 Å². The van der Waals surface area contributed by atoms with Crippen molar-refractivity contribution in [2.24, 2.45) is 0 Å². The number of phenols is 1. The quantitative estimate of drug-likeness (QED) is 0.573. The molecule has 0 aromatic heterocycles. The number of esters is 1. The fraction of sp³-hybridized carbons (Fsp3) is 0.350. The topological polar surface area (TPSA) is 78.8 Å². The van der Waals surface area contributed by atoms with Crippen LogP contribution in [0.5, 0.6) is 11.5 Å². The van der Waals surface area contributed by atoms with Crippen LogP contribution in [0.3, 0.4) is 0 Å². The van der Waals surface area contributed by atoms with Crippen molar-refractivity contribution >= 4 is 5.97 Å². The van der Waals surface area contributed by atoms with Crippen LogP contribution >= 0.6 is 0 Å². The van der Waals surface area contributed by atoms with E-state index in [0.717, 1.165) is 5.56 Å². The summed E-state index contributed by atoms with van der Waals surface area (Å²) in [6, 6.07) is 11.5. The third kappa shape index (κ3) is 5.59. The summed E-state index contributed by atoms with van der Waals surface area (Å²) in [6.07, 6.45) is -0.771. The van der Waals surface area contributed by atoms with E-state index in [-0.39, 0.29) is 17.0 Å². The van der Waals surface area contributed by atoms with Gasteiger partial charge in [-0.2, -0.15) is 0 Å². The van der Waals surface area contributed by atoms with Gasteiger partial charge < -0.3 is 20.3 Å². The van der Waals surface area contributed by atoms with Crippen LogP contribution in [0.4, 0.5) is 0 Å². The maximum atomic E-state index is 12.1. The lowest BCUT2D eigenvalue weighted by Crippen LogP contribution is -2.38. The van der Waals surface area contributed by atoms with Crippen molar-refractivity contribution < 1.29 is 19.7 Å². The van der Waals surface area contributed by atoms with Gasteiger partial charge in [0, 0.05) is 12.1 Å². The van der Waals surface area contributed by atoms with E-state index in [0.29, 0.717) is 17.7 Å². The minimum absolute atomic E-state index is 0.0605. The predicted molar refractivity (Wildman–Crippen MR) is 97.0 cm³/mol. The number of benzene rings is 2. The van der Waals surface area contributed by atoms with E-state index in [9.17, 15) is 15.0 Å². The van der Waals surface area contributed by atoms with Gasteiger partial charge in [-0.1, -0.05) is 23.8 Å². The fourth-order valence-electron chi connectivity index (χ4n) is 2.20. The highest BCUT2D eigenvalue weighted by Crippen LogP contribution is 2.30. The molecule has 2 rings (SSSR count). The molecule has 0 aliphatic rings. The average Bonchev–Trinajstić information content (AvgIpc) is 2.54. The number of carbonyl (C=O) groups excluding carboxylic acids is 1. The monoisotopic (exact) mass is 343 g/mol. The summed E-state index contributed by atoms with van der Waals surface area (Å²) in [5, 5.41) is 23.5. The van der Waals surface area contributed by atoms with Crippen LogP contribution in [0.25, 0.3) is 0 Å². The first-order valence-corrected chi connectivity index (χ1v) is 8.20. The summed E-state index contributed by atoms with van der Waals surface area (Å²) in [5.41, 5.74) is 1.88. The number of rotatable bonds is 5. The van der Waals surface area contributed by atoms with Crippen LogP contribution in [-0.2, 0) is 0 Å². The molecular weight excluding hydrogens is 318 g/mol. The normalized spacial score (nSPS) is 12.7. The molecule has 0 amide bonds. The number of β-amino-alcohol motifs (C(OH)–C–C–N with tert-alkyl or cyclic N) is 1. The number of aliphatic hydroxyl groups excluding tert-OH is 1. The molecule has 0 radical (unpaired) electrons. The minimum atomic E-state index is -0.771. The van der Waals surface area contributed by atoms with Gasteiger partial charge in [-0.15, -0.1) is 0 Å². The molecule has 2 aromatic rings. The zero-order chi connectivity index (χ0) is 18.6. The van der Waals surface area contributed by atoms with Crippen LogP contribution in [0.2, 0.25) is 0 Å². The molecule has 5 nitrogen and oxygen atoms in total. The van der Waals surface area contributed by atoms with Crippen LogP contribution in [0.15, 0.2) is 42.5 Å². The van der Waals surface area contributed by atoms with Crippen LogP contribution < -0.4 is 10.1 Å². The molecule has 5 heteroatoms. The lowest BCUT2D eigenvalue weighted by atomic mass is 10.1. The van der Waals surface area contributed by atoms with E-state index in [1.54, 1.807) is 18.2 Å². The molecule has 0 aliphatic heterocycles. The summed E-state index contributed by atoms with van der Waals surface area (Å²) in [7, 11) is 0. The van der Waals surface area contributed by atoms with E-state index < -0.39 is 12.1 Å². The van der Waals surface area contributed by atoms with E-state index in [1.165, 1.54) is 12.1 Å². The third-order valence-corrected chi connectivity index (χ3v) is 3.68. The molecule has 0 saturated heterocycles. The summed E-state index contributed by atoms with van der Waals surface area (Å²) < 4.78 is 5.23. The molecule has 0 fully saturated rings. The SMILES string of the molecule is Cc1ccc(C(=O)Oc2ccc(C(O)CNC(C)(C)C)cc2O)cc1. The maximum Gasteiger partial charge on any atom is 0.343 e. The number of aromatic hydroxyl groups is 1. The van der Waals surface area contributed by atoms with Crippen molar-refractivity contribution in [3.8, 4) is 11.5 Å². The second kappa shape index (κ2) is 7.68. The Labute approximate surface area is 148 Å². The predicted octanol–water partition coefficient (Wildman–Crippen LogP) is 3.34. The summed E-state index contributed by atoms with van der Waals surface area (Å²) >= 11 is 0. The molecule has 134 valence electrons. The van der Waals surface area contributed by atoms with Gasteiger partial charge in [-0.25, -0.2) is 4.79 Å². The molecule has 0 saturated carbocycles. The van der Waals surface area contributed by atoms with Gasteiger partial charge in [0.2, 0.25) is 0 Å². The largest absolute Gasteiger partial charge is 0.504 e. The van der Waals surface area contributed by atoms with Crippen molar-refractivity contribution in [1.82, 2.24) is 5.32 Å². The molecular formula is C20H25NO4. The van der Waals surface area contributed by atoms with Crippen molar-refractivity contribution in [1.29, 1.82) is 0 Å². The van der Waals surface area contributed by atoms with E-state index in [4.69, 9.17) is 4.74 Å². The smallest absolute Gasteiger partial charge is 0.343 e. The second-order valence-corrected chi connectivity index (χ2v) is 7.13. The number of aliphatic hydroxyl groups is 1. The maximum absolute atomic E-state index is 12.1. The highest BCUT2D eigenvalue weighted by Gasteiger charge is 2.16.